The maximum Gasteiger partial charge on any atom is 0.264 e. The number of aromatic nitrogens is 5. The molecule has 31 heavy (non-hydrogen) atoms. The number of nitrogens with one attached hydrogen (secondary N) is 1. The van der Waals surface area contributed by atoms with E-state index in [4.69, 9.17) is 11.6 Å². The molecule has 6 nitrogen and oxygen atoms in total. The van der Waals surface area contributed by atoms with Gasteiger partial charge in [0.25, 0.3) is 5.56 Å². The van der Waals surface area contributed by atoms with Gasteiger partial charge in [0.1, 0.15) is 11.8 Å². The SMILES string of the molecule is C[C@H](CCc1ncnc2[nH]cnc12)c1cc2cccc(Cl)c2c(=O)n1-c1ccccc1. The van der Waals surface area contributed by atoms with E-state index in [1.807, 2.05) is 42.5 Å². The van der Waals surface area contributed by atoms with Crippen molar-refractivity contribution in [3.8, 4) is 5.69 Å². The van der Waals surface area contributed by atoms with E-state index in [-0.39, 0.29) is 11.5 Å². The fraction of sp³-hybridized carbons (Fsp3) is 0.167. The number of rotatable bonds is 5. The van der Waals surface area contributed by atoms with Crippen molar-refractivity contribution in [1.82, 2.24) is 24.5 Å². The summed E-state index contributed by atoms with van der Waals surface area (Å²) in [5, 5.41) is 1.86. The van der Waals surface area contributed by atoms with Crippen molar-refractivity contribution in [2.75, 3.05) is 0 Å². The topological polar surface area (TPSA) is 76.5 Å². The van der Waals surface area contributed by atoms with Gasteiger partial charge in [-0.3, -0.25) is 9.36 Å². The molecule has 0 bridgehead atoms. The van der Waals surface area contributed by atoms with Crippen LogP contribution in [-0.2, 0) is 6.42 Å². The third-order valence-corrected chi connectivity index (χ3v) is 5.97. The molecule has 0 saturated carbocycles. The summed E-state index contributed by atoms with van der Waals surface area (Å²) in [5.74, 6) is 0.0974. The second kappa shape index (κ2) is 7.96. The van der Waals surface area contributed by atoms with Crippen LogP contribution >= 0.6 is 11.6 Å². The average molecular weight is 430 g/mol. The number of benzene rings is 2. The number of hydrogen-bond donors (Lipinski definition) is 1. The smallest absolute Gasteiger partial charge is 0.264 e. The van der Waals surface area contributed by atoms with Gasteiger partial charge in [-0.05, 0) is 48.4 Å². The number of H-pyrrole nitrogens is 1. The molecule has 0 aliphatic heterocycles. The van der Waals surface area contributed by atoms with Crippen LogP contribution in [0.2, 0.25) is 5.02 Å². The lowest BCUT2D eigenvalue weighted by molar-refractivity contribution is 0.634. The third-order valence-electron chi connectivity index (χ3n) is 5.65. The van der Waals surface area contributed by atoms with Gasteiger partial charge in [0.15, 0.2) is 5.65 Å². The number of aromatic amines is 1. The van der Waals surface area contributed by atoms with Crippen LogP contribution in [0.4, 0.5) is 0 Å². The van der Waals surface area contributed by atoms with Crippen LogP contribution in [0.3, 0.4) is 0 Å². The number of nitrogens with zero attached hydrogens (tertiary/aromatic N) is 4. The molecule has 0 spiro atoms. The molecule has 0 aliphatic carbocycles. The fourth-order valence-electron chi connectivity index (χ4n) is 4.04. The minimum Gasteiger partial charge on any atom is -0.329 e. The minimum absolute atomic E-state index is 0.0974. The van der Waals surface area contributed by atoms with E-state index in [0.29, 0.717) is 10.4 Å². The molecule has 0 fully saturated rings. The molecule has 7 heteroatoms. The van der Waals surface area contributed by atoms with Crippen LogP contribution in [-0.4, -0.2) is 24.5 Å². The fourth-order valence-corrected chi connectivity index (χ4v) is 4.31. The first-order valence-electron chi connectivity index (χ1n) is 10.2. The van der Waals surface area contributed by atoms with E-state index in [0.717, 1.165) is 46.5 Å². The Balaban J connectivity index is 1.59. The van der Waals surface area contributed by atoms with Crippen molar-refractivity contribution in [3.05, 3.63) is 94.0 Å². The highest BCUT2D eigenvalue weighted by Crippen LogP contribution is 2.28. The summed E-state index contributed by atoms with van der Waals surface area (Å²) in [5.41, 5.74) is 4.09. The van der Waals surface area contributed by atoms with E-state index in [9.17, 15) is 4.79 Å². The number of fused-ring (bicyclic) bond motifs is 2. The number of halogens is 1. The molecular weight excluding hydrogens is 410 g/mol. The molecule has 5 aromatic rings. The number of hydrogen-bond acceptors (Lipinski definition) is 4. The maximum absolute atomic E-state index is 13.5. The Morgan fingerprint density at radius 2 is 1.90 bits per heavy atom. The minimum atomic E-state index is -0.104. The molecule has 0 saturated heterocycles. The van der Waals surface area contributed by atoms with Gasteiger partial charge >= 0.3 is 0 Å². The van der Waals surface area contributed by atoms with Gasteiger partial charge in [0.05, 0.1) is 22.4 Å². The summed E-state index contributed by atoms with van der Waals surface area (Å²) < 4.78 is 1.78. The Hall–Kier alpha value is -3.51. The number of aryl methyl sites for hydroxylation is 1. The Labute approximate surface area is 183 Å². The van der Waals surface area contributed by atoms with E-state index >= 15 is 0 Å². The molecule has 1 atom stereocenters. The van der Waals surface area contributed by atoms with Gasteiger partial charge in [0, 0.05) is 11.4 Å². The summed E-state index contributed by atoms with van der Waals surface area (Å²) in [4.78, 5) is 29.5. The van der Waals surface area contributed by atoms with Gasteiger partial charge in [-0.2, -0.15) is 0 Å². The zero-order valence-corrected chi connectivity index (χ0v) is 17.7. The summed E-state index contributed by atoms with van der Waals surface area (Å²) in [7, 11) is 0. The van der Waals surface area contributed by atoms with Crippen molar-refractivity contribution in [1.29, 1.82) is 0 Å². The second-order valence-electron chi connectivity index (χ2n) is 7.61. The molecule has 1 N–H and O–H groups in total. The van der Waals surface area contributed by atoms with E-state index in [1.165, 1.54) is 0 Å². The molecule has 0 unspecified atom stereocenters. The van der Waals surface area contributed by atoms with Gasteiger partial charge in [0.2, 0.25) is 0 Å². The highest BCUT2D eigenvalue weighted by atomic mass is 35.5. The molecule has 0 radical (unpaired) electrons. The lowest BCUT2D eigenvalue weighted by Crippen LogP contribution is -2.23. The van der Waals surface area contributed by atoms with Crippen molar-refractivity contribution < 1.29 is 0 Å². The van der Waals surface area contributed by atoms with Crippen molar-refractivity contribution >= 4 is 33.5 Å². The first kappa shape index (κ1) is 19.5. The molecule has 0 aliphatic rings. The normalized spacial score (nSPS) is 12.5. The zero-order valence-electron chi connectivity index (χ0n) is 16.9. The predicted octanol–water partition coefficient (Wildman–Crippen LogP) is 5.05. The van der Waals surface area contributed by atoms with Crippen LogP contribution in [0.25, 0.3) is 27.6 Å². The molecule has 3 heterocycles. The predicted molar refractivity (Wildman–Crippen MR) is 123 cm³/mol. The Kier molecular flexibility index (Phi) is 5.00. The van der Waals surface area contributed by atoms with Crippen LogP contribution in [0.1, 0.15) is 30.7 Å². The Morgan fingerprint density at radius 3 is 2.74 bits per heavy atom. The van der Waals surface area contributed by atoms with Gasteiger partial charge in [-0.25, -0.2) is 15.0 Å². The van der Waals surface area contributed by atoms with Crippen molar-refractivity contribution in [2.45, 2.75) is 25.7 Å². The standard InChI is InChI=1S/C24H20ClN5O/c1-15(10-11-19-22-23(28-13-26-19)29-14-27-22)20-12-16-6-5-9-18(25)21(16)24(31)30(20)17-7-3-2-4-8-17/h2-9,12-15H,10-11H2,1H3,(H,26,27,28,29)/t15-/m1/s1. The van der Waals surface area contributed by atoms with Crippen LogP contribution in [0, 0.1) is 0 Å². The highest BCUT2D eigenvalue weighted by molar-refractivity contribution is 6.35. The number of pyridine rings is 1. The summed E-state index contributed by atoms with van der Waals surface area (Å²) in [6.45, 7) is 2.13. The first-order chi connectivity index (χ1) is 15.1. The van der Waals surface area contributed by atoms with Gasteiger partial charge < -0.3 is 4.98 Å². The molecule has 2 aromatic carbocycles. The summed E-state index contributed by atoms with van der Waals surface area (Å²) >= 11 is 6.40. The van der Waals surface area contributed by atoms with Gasteiger partial charge in [-0.1, -0.05) is 48.9 Å². The first-order valence-corrected chi connectivity index (χ1v) is 10.5. The molecular formula is C24H20ClN5O. The van der Waals surface area contributed by atoms with Gasteiger partial charge in [-0.15, -0.1) is 0 Å². The highest BCUT2D eigenvalue weighted by Gasteiger charge is 2.18. The van der Waals surface area contributed by atoms with Crippen LogP contribution in [0.15, 0.2) is 72.0 Å². The average Bonchev–Trinajstić information content (AvgIpc) is 3.27. The number of imidazole rings is 1. The molecule has 3 aromatic heterocycles. The van der Waals surface area contributed by atoms with Crippen molar-refractivity contribution in [2.24, 2.45) is 0 Å². The van der Waals surface area contributed by atoms with Crippen molar-refractivity contribution in [3.63, 3.8) is 0 Å². The Morgan fingerprint density at radius 1 is 1.06 bits per heavy atom. The monoisotopic (exact) mass is 429 g/mol. The van der Waals surface area contributed by atoms with Crippen LogP contribution < -0.4 is 5.56 Å². The van der Waals surface area contributed by atoms with E-state index in [2.05, 4.69) is 32.9 Å². The lowest BCUT2D eigenvalue weighted by Gasteiger charge is -2.20. The largest absolute Gasteiger partial charge is 0.329 e. The second-order valence-corrected chi connectivity index (χ2v) is 8.02. The van der Waals surface area contributed by atoms with Crippen LogP contribution in [0.5, 0.6) is 0 Å². The lowest BCUT2D eigenvalue weighted by atomic mass is 9.97. The third kappa shape index (κ3) is 3.49. The summed E-state index contributed by atoms with van der Waals surface area (Å²) in [6.07, 6.45) is 4.71. The molecule has 0 amide bonds. The molecule has 154 valence electrons. The van der Waals surface area contributed by atoms with E-state index in [1.54, 1.807) is 23.3 Å². The maximum atomic E-state index is 13.5. The number of para-hydroxylation sites is 1. The van der Waals surface area contributed by atoms with E-state index < -0.39 is 0 Å². The summed E-state index contributed by atoms with van der Waals surface area (Å²) in [6, 6.07) is 17.3. The molecule has 5 rings (SSSR count). The zero-order chi connectivity index (χ0) is 21.4. The quantitative estimate of drug-likeness (QED) is 0.424. The Bertz CT molecular complexity index is 1440.